The van der Waals surface area contributed by atoms with Crippen LogP contribution in [-0.2, 0) is 4.79 Å². The van der Waals surface area contributed by atoms with Crippen molar-refractivity contribution >= 4 is 18.5 Å². The topological polar surface area (TPSA) is 29.1 Å². The maximum Gasteiger partial charge on any atom is 0.234 e. The number of hydrogen-bond donors (Lipinski definition) is 2. The van der Waals surface area contributed by atoms with Crippen molar-refractivity contribution in [3.05, 3.63) is 0 Å². The first-order valence-corrected chi connectivity index (χ1v) is 2.28. The highest BCUT2D eigenvalue weighted by molar-refractivity contribution is 7.82. The fourth-order valence-electron chi connectivity index (χ4n) is 0.277. The number of carbonyl (C=O) groups excluding carboxylic acids is 1. The third kappa shape index (κ3) is 0.391. The van der Waals surface area contributed by atoms with Gasteiger partial charge in [-0.3, -0.25) is 4.79 Å². The normalized spacial score (nSPS) is 31.5. The lowest BCUT2D eigenvalue weighted by atomic mass is 10.3. The molecule has 1 saturated heterocycles. The van der Waals surface area contributed by atoms with Gasteiger partial charge in [-0.1, -0.05) is 0 Å². The Morgan fingerprint density at radius 2 is 2.50 bits per heavy atom. The number of β-lactam (4-membered cyclic amide) rings is 1. The minimum absolute atomic E-state index is 0.0231. The van der Waals surface area contributed by atoms with Crippen LogP contribution >= 0.6 is 12.6 Å². The zero-order valence-electron chi connectivity index (χ0n) is 3.14. The molecular formula is C3H5NOS. The molecule has 1 atom stereocenters. The summed E-state index contributed by atoms with van der Waals surface area (Å²) in [4.78, 5) is 10.0. The Hall–Kier alpha value is -0.180. The Labute approximate surface area is 41.3 Å². The smallest absolute Gasteiger partial charge is 0.234 e. The van der Waals surface area contributed by atoms with E-state index in [9.17, 15) is 4.79 Å². The van der Waals surface area contributed by atoms with Gasteiger partial charge in [0.05, 0.1) is 5.25 Å². The number of hydrogen-bond acceptors (Lipinski definition) is 2. The monoisotopic (exact) mass is 103 g/mol. The SMILES string of the molecule is O=C1NCC1S. The van der Waals surface area contributed by atoms with Gasteiger partial charge in [0.15, 0.2) is 0 Å². The molecule has 1 aliphatic heterocycles. The van der Waals surface area contributed by atoms with Gasteiger partial charge in [0.2, 0.25) is 5.91 Å². The Kier molecular flexibility index (Phi) is 0.765. The minimum atomic E-state index is -0.0231. The van der Waals surface area contributed by atoms with E-state index < -0.39 is 0 Å². The Balaban J connectivity index is 2.39. The zero-order valence-corrected chi connectivity index (χ0v) is 4.03. The lowest BCUT2D eigenvalue weighted by Crippen LogP contribution is -2.49. The largest absolute Gasteiger partial charge is 0.353 e. The summed E-state index contributed by atoms with van der Waals surface area (Å²) in [7, 11) is 0. The van der Waals surface area contributed by atoms with Crippen LogP contribution in [0.1, 0.15) is 0 Å². The maximum atomic E-state index is 10.0. The van der Waals surface area contributed by atoms with Crippen LogP contribution in [0.15, 0.2) is 0 Å². The maximum absolute atomic E-state index is 10.0. The lowest BCUT2D eigenvalue weighted by molar-refractivity contribution is -0.124. The number of rotatable bonds is 0. The van der Waals surface area contributed by atoms with E-state index in [1.807, 2.05) is 0 Å². The number of nitrogens with one attached hydrogen (secondary N) is 1. The van der Waals surface area contributed by atoms with E-state index in [-0.39, 0.29) is 11.2 Å². The van der Waals surface area contributed by atoms with Crippen LogP contribution in [0.5, 0.6) is 0 Å². The van der Waals surface area contributed by atoms with Crippen molar-refractivity contribution in [2.75, 3.05) is 6.54 Å². The molecule has 0 aromatic heterocycles. The van der Waals surface area contributed by atoms with Crippen LogP contribution < -0.4 is 5.32 Å². The van der Waals surface area contributed by atoms with E-state index in [1.165, 1.54) is 0 Å². The standard InChI is InChI=1S/C3H5NOS/c5-3-2(6)1-4-3/h2,6H,1H2,(H,4,5). The predicted octanol–water partition coefficient (Wildman–Crippen LogP) is -0.585. The van der Waals surface area contributed by atoms with E-state index in [2.05, 4.69) is 17.9 Å². The molecule has 1 unspecified atom stereocenters. The third-order valence-corrected chi connectivity index (χ3v) is 1.19. The third-order valence-electron chi connectivity index (χ3n) is 0.772. The van der Waals surface area contributed by atoms with E-state index in [4.69, 9.17) is 0 Å². The minimum Gasteiger partial charge on any atom is -0.353 e. The molecule has 0 radical (unpaired) electrons. The van der Waals surface area contributed by atoms with E-state index in [1.54, 1.807) is 0 Å². The fourth-order valence-corrected chi connectivity index (χ4v) is 0.459. The molecule has 1 N–H and O–H groups in total. The van der Waals surface area contributed by atoms with Crippen molar-refractivity contribution < 1.29 is 4.79 Å². The molecule has 0 aromatic rings. The summed E-state index contributed by atoms with van der Waals surface area (Å²) in [6, 6.07) is 0. The molecule has 0 aliphatic carbocycles. The quantitative estimate of drug-likeness (QED) is 0.311. The zero-order chi connectivity index (χ0) is 4.57. The van der Waals surface area contributed by atoms with Gasteiger partial charge in [-0.05, 0) is 0 Å². The van der Waals surface area contributed by atoms with Crippen molar-refractivity contribution in [3.8, 4) is 0 Å². The number of carbonyl (C=O) groups is 1. The predicted molar refractivity (Wildman–Crippen MR) is 25.8 cm³/mol. The molecule has 1 amide bonds. The molecular weight excluding hydrogens is 98.1 g/mol. The highest BCUT2D eigenvalue weighted by Crippen LogP contribution is 2.00. The Morgan fingerprint density at radius 3 is 2.50 bits per heavy atom. The van der Waals surface area contributed by atoms with Gasteiger partial charge in [0.1, 0.15) is 0 Å². The first-order valence-electron chi connectivity index (χ1n) is 1.76. The second-order valence-corrected chi connectivity index (χ2v) is 1.88. The lowest BCUT2D eigenvalue weighted by Gasteiger charge is -2.19. The second-order valence-electron chi connectivity index (χ2n) is 1.26. The van der Waals surface area contributed by atoms with Crippen LogP contribution in [0.3, 0.4) is 0 Å². The number of amides is 1. The Bertz CT molecular complexity index is 82.9. The van der Waals surface area contributed by atoms with Crippen LogP contribution in [0.2, 0.25) is 0 Å². The highest BCUT2D eigenvalue weighted by atomic mass is 32.1. The molecule has 0 spiro atoms. The summed E-state index contributed by atoms with van der Waals surface area (Å²) in [5.41, 5.74) is 0. The van der Waals surface area contributed by atoms with Crippen LogP contribution in [0.25, 0.3) is 0 Å². The van der Waals surface area contributed by atoms with E-state index in [0.717, 1.165) is 6.54 Å². The summed E-state index contributed by atoms with van der Waals surface area (Å²) >= 11 is 3.87. The molecule has 2 nitrogen and oxygen atoms in total. The van der Waals surface area contributed by atoms with E-state index in [0.29, 0.717) is 0 Å². The van der Waals surface area contributed by atoms with Gasteiger partial charge in [-0.15, -0.1) is 0 Å². The van der Waals surface area contributed by atoms with Crippen LogP contribution in [0.4, 0.5) is 0 Å². The molecule has 0 aromatic carbocycles. The van der Waals surface area contributed by atoms with Gasteiger partial charge in [0, 0.05) is 6.54 Å². The molecule has 1 heterocycles. The van der Waals surface area contributed by atoms with Gasteiger partial charge >= 0.3 is 0 Å². The molecule has 34 valence electrons. The first kappa shape index (κ1) is 3.99. The summed E-state index contributed by atoms with van der Waals surface area (Å²) < 4.78 is 0. The molecule has 1 rings (SSSR count). The first-order chi connectivity index (χ1) is 2.80. The van der Waals surface area contributed by atoms with Gasteiger partial charge in [-0.25, -0.2) is 0 Å². The molecule has 0 bridgehead atoms. The van der Waals surface area contributed by atoms with Crippen LogP contribution in [-0.4, -0.2) is 17.7 Å². The molecule has 1 fully saturated rings. The summed E-state index contributed by atoms with van der Waals surface area (Å²) in [6.45, 7) is 0.738. The number of thiol groups is 1. The molecule has 1 aliphatic rings. The van der Waals surface area contributed by atoms with Gasteiger partial charge < -0.3 is 5.32 Å². The average molecular weight is 103 g/mol. The van der Waals surface area contributed by atoms with Crippen molar-refractivity contribution in [2.24, 2.45) is 0 Å². The van der Waals surface area contributed by atoms with E-state index >= 15 is 0 Å². The van der Waals surface area contributed by atoms with Crippen molar-refractivity contribution in [1.29, 1.82) is 0 Å². The van der Waals surface area contributed by atoms with Crippen molar-refractivity contribution in [3.63, 3.8) is 0 Å². The van der Waals surface area contributed by atoms with Crippen molar-refractivity contribution in [1.82, 2.24) is 5.32 Å². The molecule has 0 saturated carbocycles. The molecule has 6 heavy (non-hydrogen) atoms. The molecule has 3 heteroatoms. The van der Waals surface area contributed by atoms with Crippen molar-refractivity contribution in [2.45, 2.75) is 5.25 Å². The van der Waals surface area contributed by atoms with Gasteiger partial charge in [-0.2, -0.15) is 12.6 Å². The summed E-state index contributed by atoms with van der Waals surface area (Å²) in [5, 5.41) is 2.52. The Morgan fingerprint density at radius 1 is 2.00 bits per heavy atom. The van der Waals surface area contributed by atoms with Crippen LogP contribution in [0, 0.1) is 0 Å². The average Bonchev–Trinajstić information content (AvgIpc) is 1.61. The second kappa shape index (κ2) is 1.15. The summed E-state index contributed by atoms with van der Waals surface area (Å²) in [5.74, 6) is 0.0540. The fraction of sp³-hybridized carbons (Fsp3) is 0.667. The highest BCUT2D eigenvalue weighted by Gasteiger charge is 2.22. The summed E-state index contributed by atoms with van der Waals surface area (Å²) in [6.07, 6.45) is 0. The van der Waals surface area contributed by atoms with Gasteiger partial charge in [0.25, 0.3) is 0 Å².